The Kier molecular flexibility index (Phi) is 7.15. The van der Waals surface area contributed by atoms with Crippen molar-refractivity contribution in [1.82, 2.24) is 14.5 Å². The van der Waals surface area contributed by atoms with Crippen LogP contribution in [0.2, 0.25) is 0 Å². The topological polar surface area (TPSA) is 88.2 Å². The van der Waals surface area contributed by atoms with E-state index in [9.17, 15) is 13.2 Å². The zero-order chi connectivity index (χ0) is 21.0. The Bertz CT molecular complexity index is 813. The lowest BCUT2D eigenvalue weighted by Crippen LogP contribution is -2.47. The maximum atomic E-state index is 13.0. The van der Waals surface area contributed by atoms with E-state index >= 15 is 0 Å². The summed E-state index contributed by atoms with van der Waals surface area (Å²) in [6, 6.07) is 4.56. The molecule has 0 spiro atoms. The molecular formula is C20H31N3O5S. The first-order valence-corrected chi connectivity index (χ1v) is 11.6. The molecule has 2 fully saturated rings. The minimum atomic E-state index is -3.68. The number of ether oxygens (including phenoxy) is 2. The molecule has 2 heterocycles. The lowest BCUT2D eigenvalue weighted by atomic mass is 10.2. The zero-order valence-electron chi connectivity index (χ0n) is 17.4. The average Bonchev–Trinajstić information content (AvgIpc) is 3.22. The van der Waals surface area contributed by atoms with Gasteiger partial charge >= 0.3 is 0 Å². The van der Waals surface area contributed by atoms with Crippen LogP contribution in [-0.4, -0.2) is 82.1 Å². The van der Waals surface area contributed by atoms with Gasteiger partial charge in [0, 0.05) is 44.8 Å². The molecular weight excluding hydrogens is 394 g/mol. The zero-order valence-corrected chi connectivity index (χ0v) is 18.2. The molecule has 1 aromatic rings. The summed E-state index contributed by atoms with van der Waals surface area (Å²) in [5, 5.41) is 2.89. The van der Waals surface area contributed by atoms with Crippen LogP contribution in [0.4, 0.5) is 0 Å². The summed E-state index contributed by atoms with van der Waals surface area (Å²) in [7, 11) is -2.25. The van der Waals surface area contributed by atoms with Crippen LogP contribution < -0.4 is 10.1 Å². The van der Waals surface area contributed by atoms with Gasteiger partial charge in [-0.25, -0.2) is 8.42 Å². The minimum absolute atomic E-state index is 0.0466. The van der Waals surface area contributed by atoms with Gasteiger partial charge in [0.25, 0.3) is 5.91 Å². The Hall–Kier alpha value is -1.68. The minimum Gasteiger partial charge on any atom is -0.495 e. The fourth-order valence-corrected chi connectivity index (χ4v) is 5.68. The third-order valence-corrected chi connectivity index (χ3v) is 7.24. The summed E-state index contributed by atoms with van der Waals surface area (Å²) in [6.07, 6.45) is 2.05. The molecule has 9 heteroatoms. The number of morpholine rings is 1. The SMILES string of the molecule is COc1ccc(C(=O)NCCN2C[C@@H](C)O[C@H](C)C2)cc1S(=O)(=O)N1CCCC1. The third kappa shape index (κ3) is 5.28. The predicted molar refractivity (Wildman–Crippen MR) is 110 cm³/mol. The predicted octanol–water partition coefficient (Wildman–Crippen LogP) is 1.32. The van der Waals surface area contributed by atoms with E-state index in [1.807, 2.05) is 13.8 Å². The maximum absolute atomic E-state index is 13.0. The van der Waals surface area contributed by atoms with Crippen molar-refractivity contribution in [3.8, 4) is 5.75 Å². The molecule has 0 aliphatic carbocycles. The number of benzene rings is 1. The fraction of sp³-hybridized carbons (Fsp3) is 0.650. The van der Waals surface area contributed by atoms with Crippen molar-refractivity contribution >= 4 is 15.9 Å². The van der Waals surface area contributed by atoms with Gasteiger partial charge in [-0.1, -0.05) is 0 Å². The van der Waals surface area contributed by atoms with Crippen molar-refractivity contribution in [3.05, 3.63) is 23.8 Å². The number of sulfonamides is 1. The fourth-order valence-electron chi connectivity index (χ4n) is 3.98. The van der Waals surface area contributed by atoms with Crippen molar-refractivity contribution in [1.29, 1.82) is 0 Å². The van der Waals surface area contributed by atoms with Crippen molar-refractivity contribution in [2.45, 2.75) is 43.8 Å². The number of hydrogen-bond acceptors (Lipinski definition) is 6. The van der Waals surface area contributed by atoms with Gasteiger partial charge < -0.3 is 14.8 Å². The number of rotatable bonds is 7. The highest BCUT2D eigenvalue weighted by Gasteiger charge is 2.30. The molecule has 1 aromatic carbocycles. The Morgan fingerprint density at radius 3 is 2.48 bits per heavy atom. The van der Waals surface area contributed by atoms with Gasteiger partial charge in [0.1, 0.15) is 10.6 Å². The van der Waals surface area contributed by atoms with Crippen LogP contribution in [-0.2, 0) is 14.8 Å². The first kappa shape index (κ1) is 22.0. The van der Waals surface area contributed by atoms with Crippen LogP contribution in [0.15, 0.2) is 23.1 Å². The quantitative estimate of drug-likeness (QED) is 0.709. The Balaban J connectivity index is 1.66. The van der Waals surface area contributed by atoms with Crippen LogP contribution in [0.5, 0.6) is 5.75 Å². The van der Waals surface area contributed by atoms with Crippen LogP contribution in [0.25, 0.3) is 0 Å². The molecule has 0 saturated carbocycles. The lowest BCUT2D eigenvalue weighted by Gasteiger charge is -2.35. The number of nitrogens with one attached hydrogen (secondary N) is 1. The second-order valence-electron chi connectivity index (χ2n) is 7.75. The summed E-state index contributed by atoms with van der Waals surface area (Å²) in [4.78, 5) is 14.9. The monoisotopic (exact) mass is 425 g/mol. The van der Waals surface area contributed by atoms with Gasteiger partial charge in [-0.3, -0.25) is 9.69 Å². The van der Waals surface area contributed by atoms with Gasteiger partial charge in [0.05, 0.1) is 19.3 Å². The molecule has 2 atom stereocenters. The smallest absolute Gasteiger partial charge is 0.251 e. The van der Waals surface area contributed by atoms with Crippen LogP contribution in [0, 0.1) is 0 Å². The number of carbonyl (C=O) groups excluding carboxylic acids is 1. The van der Waals surface area contributed by atoms with Crippen molar-refractivity contribution in [3.63, 3.8) is 0 Å². The number of methoxy groups -OCH3 is 1. The second-order valence-corrected chi connectivity index (χ2v) is 9.66. The molecule has 2 aliphatic heterocycles. The Morgan fingerprint density at radius 1 is 1.21 bits per heavy atom. The molecule has 2 saturated heterocycles. The number of carbonyl (C=O) groups is 1. The van der Waals surface area contributed by atoms with Gasteiger partial charge in [0.2, 0.25) is 10.0 Å². The van der Waals surface area contributed by atoms with Gasteiger partial charge in [-0.05, 0) is 44.9 Å². The van der Waals surface area contributed by atoms with E-state index < -0.39 is 10.0 Å². The van der Waals surface area contributed by atoms with E-state index in [1.54, 1.807) is 12.1 Å². The highest BCUT2D eigenvalue weighted by atomic mass is 32.2. The second kappa shape index (κ2) is 9.42. The Morgan fingerprint density at radius 2 is 1.86 bits per heavy atom. The molecule has 0 radical (unpaired) electrons. The standard InChI is InChI=1S/C20H31N3O5S/c1-15-13-22(14-16(2)28-15)11-8-21-20(24)17-6-7-18(27-3)19(12-17)29(25,26)23-9-4-5-10-23/h6-7,12,15-16H,4-5,8-11,13-14H2,1-3H3,(H,21,24)/t15-,16-/m1/s1. The maximum Gasteiger partial charge on any atom is 0.251 e. The average molecular weight is 426 g/mol. The van der Waals surface area contributed by atoms with E-state index in [4.69, 9.17) is 9.47 Å². The molecule has 1 amide bonds. The van der Waals surface area contributed by atoms with Crippen molar-refractivity contribution < 1.29 is 22.7 Å². The van der Waals surface area contributed by atoms with Gasteiger partial charge in [0.15, 0.2) is 0 Å². The molecule has 2 aliphatic rings. The highest BCUT2D eigenvalue weighted by Crippen LogP contribution is 2.29. The van der Waals surface area contributed by atoms with E-state index in [1.165, 1.54) is 17.5 Å². The van der Waals surface area contributed by atoms with E-state index in [0.29, 0.717) is 25.2 Å². The summed E-state index contributed by atoms with van der Waals surface area (Å²) in [5.74, 6) is -0.0374. The van der Waals surface area contributed by atoms with Crippen LogP contribution in [0.3, 0.4) is 0 Å². The Labute approximate surface area is 173 Å². The van der Waals surface area contributed by atoms with Crippen LogP contribution >= 0.6 is 0 Å². The molecule has 3 rings (SSSR count). The lowest BCUT2D eigenvalue weighted by molar-refractivity contribution is -0.0672. The molecule has 0 unspecified atom stereocenters. The summed E-state index contributed by atoms with van der Waals surface area (Å²) >= 11 is 0. The first-order valence-electron chi connectivity index (χ1n) is 10.2. The summed E-state index contributed by atoms with van der Waals surface area (Å²) < 4.78 is 38.4. The molecule has 1 N–H and O–H groups in total. The largest absolute Gasteiger partial charge is 0.495 e. The van der Waals surface area contributed by atoms with Crippen molar-refractivity contribution in [2.75, 3.05) is 46.4 Å². The van der Waals surface area contributed by atoms with E-state index in [2.05, 4.69) is 10.2 Å². The van der Waals surface area contributed by atoms with Gasteiger partial charge in [-0.15, -0.1) is 0 Å². The normalized spacial score (nSPS) is 23.8. The third-order valence-electron chi connectivity index (χ3n) is 5.32. The highest BCUT2D eigenvalue weighted by molar-refractivity contribution is 7.89. The van der Waals surface area contributed by atoms with Crippen LogP contribution in [0.1, 0.15) is 37.0 Å². The molecule has 8 nitrogen and oxygen atoms in total. The summed E-state index contributed by atoms with van der Waals surface area (Å²) in [6.45, 7) is 7.96. The molecule has 162 valence electrons. The molecule has 0 bridgehead atoms. The molecule has 29 heavy (non-hydrogen) atoms. The molecule has 0 aromatic heterocycles. The van der Waals surface area contributed by atoms with Crippen molar-refractivity contribution in [2.24, 2.45) is 0 Å². The van der Waals surface area contributed by atoms with E-state index in [0.717, 1.165) is 32.5 Å². The number of nitrogens with zero attached hydrogens (tertiary/aromatic N) is 2. The summed E-state index contributed by atoms with van der Waals surface area (Å²) in [5.41, 5.74) is 0.312. The number of hydrogen-bond donors (Lipinski definition) is 1. The first-order chi connectivity index (χ1) is 13.8. The number of amides is 1. The van der Waals surface area contributed by atoms with Gasteiger partial charge in [-0.2, -0.15) is 4.31 Å². The van der Waals surface area contributed by atoms with E-state index in [-0.39, 0.29) is 28.8 Å².